The summed E-state index contributed by atoms with van der Waals surface area (Å²) in [6.45, 7) is 0. The zero-order valence-corrected chi connectivity index (χ0v) is 28.1. The van der Waals surface area contributed by atoms with Gasteiger partial charge in [0.1, 0.15) is 11.5 Å². The second kappa shape index (κ2) is 11.1. The van der Waals surface area contributed by atoms with Crippen LogP contribution in [0.15, 0.2) is 182 Å². The van der Waals surface area contributed by atoms with Gasteiger partial charge < -0.3 is 4.74 Å². The highest BCUT2D eigenvalue weighted by Crippen LogP contribution is 2.62. The molecule has 0 radical (unpaired) electrons. The normalized spacial score (nSPS) is 13.3. The number of para-hydroxylation sites is 2. The van der Waals surface area contributed by atoms with E-state index in [4.69, 9.17) is 14.7 Å². The molecule has 9 aromatic rings. The molecule has 1 aliphatic heterocycles. The van der Waals surface area contributed by atoms with Crippen molar-refractivity contribution in [1.29, 1.82) is 0 Å². The lowest BCUT2D eigenvalue weighted by Gasteiger charge is -2.39. The largest absolute Gasteiger partial charge is 0.457 e. The molecule has 0 unspecified atom stereocenters. The molecule has 3 nitrogen and oxygen atoms in total. The summed E-state index contributed by atoms with van der Waals surface area (Å²) in [7, 11) is 0. The third kappa shape index (κ3) is 4.08. The molecule has 0 saturated heterocycles. The van der Waals surface area contributed by atoms with Crippen molar-refractivity contribution in [2.75, 3.05) is 0 Å². The average Bonchev–Trinajstić information content (AvgIpc) is 3.51. The van der Waals surface area contributed by atoms with Gasteiger partial charge in [-0.05, 0) is 68.4 Å². The van der Waals surface area contributed by atoms with E-state index in [9.17, 15) is 0 Å². The van der Waals surface area contributed by atoms with Gasteiger partial charge in [-0.25, -0.2) is 9.97 Å². The molecule has 1 spiro atoms. The molecular weight excluding hydrogens is 633 g/mol. The topological polar surface area (TPSA) is 35.0 Å². The fourth-order valence-corrected chi connectivity index (χ4v) is 8.72. The van der Waals surface area contributed by atoms with E-state index in [0.717, 1.165) is 55.9 Å². The van der Waals surface area contributed by atoms with Gasteiger partial charge >= 0.3 is 0 Å². The predicted octanol–water partition coefficient (Wildman–Crippen LogP) is 12.3. The summed E-state index contributed by atoms with van der Waals surface area (Å²) in [5, 5.41) is 3.40. The lowest BCUT2D eigenvalue weighted by atomic mass is 9.66. The van der Waals surface area contributed by atoms with Crippen LogP contribution in [0.3, 0.4) is 0 Å². The van der Waals surface area contributed by atoms with E-state index in [-0.39, 0.29) is 0 Å². The second-order valence-electron chi connectivity index (χ2n) is 13.7. The van der Waals surface area contributed by atoms with Crippen LogP contribution in [0.25, 0.3) is 66.6 Å². The molecule has 8 aromatic carbocycles. The van der Waals surface area contributed by atoms with Crippen LogP contribution in [-0.4, -0.2) is 9.97 Å². The average molecular weight is 663 g/mol. The van der Waals surface area contributed by atoms with Crippen molar-refractivity contribution in [3.8, 4) is 56.4 Å². The molecule has 52 heavy (non-hydrogen) atoms. The first-order valence-electron chi connectivity index (χ1n) is 17.7. The van der Waals surface area contributed by atoms with E-state index in [1.54, 1.807) is 0 Å². The van der Waals surface area contributed by atoms with Gasteiger partial charge in [0.05, 0.1) is 16.6 Å². The van der Waals surface area contributed by atoms with E-state index in [1.165, 1.54) is 38.6 Å². The summed E-state index contributed by atoms with van der Waals surface area (Å²) in [6.07, 6.45) is 0. The minimum atomic E-state index is -0.477. The molecule has 0 amide bonds. The van der Waals surface area contributed by atoms with Gasteiger partial charge in [-0.15, -0.1) is 0 Å². The van der Waals surface area contributed by atoms with Crippen molar-refractivity contribution in [3.05, 3.63) is 204 Å². The standard InChI is InChI=1S/C49H30N2O/c1-2-17-35-31(13-1)14-12-21-38(35)47-39-20-5-9-25-44(39)50-48(51-47)34-16-11-15-32(29-34)33-27-28-43-46(30-33)52-45-26-10-8-24-42(45)49(43)40-22-6-3-18-36(40)37-19-4-7-23-41(37)49/h1-30H. The fourth-order valence-electron chi connectivity index (χ4n) is 8.72. The number of aromatic nitrogens is 2. The number of rotatable bonds is 3. The Morgan fingerprint density at radius 2 is 0.981 bits per heavy atom. The highest BCUT2D eigenvalue weighted by molar-refractivity contribution is 6.03. The van der Waals surface area contributed by atoms with Crippen LogP contribution in [0, 0.1) is 0 Å². The van der Waals surface area contributed by atoms with Crippen LogP contribution in [0.1, 0.15) is 22.3 Å². The molecule has 3 heteroatoms. The summed E-state index contributed by atoms with van der Waals surface area (Å²) in [6, 6.07) is 64.7. The quantitative estimate of drug-likeness (QED) is 0.189. The Kier molecular flexibility index (Phi) is 6.17. The maximum atomic E-state index is 6.79. The van der Waals surface area contributed by atoms with Crippen molar-refractivity contribution >= 4 is 21.7 Å². The van der Waals surface area contributed by atoms with Gasteiger partial charge in [-0.2, -0.15) is 0 Å². The lowest BCUT2D eigenvalue weighted by molar-refractivity contribution is 0.436. The van der Waals surface area contributed by atoms with Crippen molar-refractivity contribution in [2.24, 2.45) is 0 Å². The number of benzene rings is 8. The zero-order valence-electron chi connectivity index (χ0n) is 28.1. The molecule has 0 N–H and O–H groups in total. The van der Waals surface area contributed by atoms with Gasteiger partial charge in [0.15, 0.2) is 5.82 Å². The van der Waals surface area contributed by atoms with E-state index >= 15 is 0 Å². The van der Waals surface area contributed by atoms with Crippen LogP contribution in [-0.2, 0) is 5.41 Å². The van der Waals surface area contributed by atoms with E-state index in [0.29, 0.717) is 5.82 Å². The van der Waals surface area contributed by atoms with Crippen LogP contribution in [0.4, 0.5) is 0 Å². The summed E-state index contributed by atoms with van der Waals surface area (Å²) in [5.41, 5.74) is 13.0. The number of hydrogen-bond acceptors (Lipinski definition) is 3. The van der Waals surface area contributed by atoms with Gasteiger partial charge in [0, 0.05) is 27.6 Å². The van der Waals surface area contributed by atoms with E-state index in [2.05, 4.69) is 176 Å². The first-order valence-corrected chi connectivity index (χ1v) is 17.7. The molecule has 242 valence electrons. The summed E-state index contributed by atoms with van der Waals surface area (Å²) in [5.74, 6) is 2.45. The highest BCUT2D eigenvalue weighted by atomic mass is 16.5. The smallest absolute Gasteiger partial charge is 0.160 e. The van der Waals surface area contributed by atoms with Crippen LogP contribution in [0.2, 0.25) is 0 Å². The Labute approximate surface area is 301 Å². The molecule has 0 atom stereocenters. The Bertz CT molecular complexity index is 2860. The van der Waals surface area contributed by atoms with Crippen molar-refractivity contribution in [2.45, 2.75) is 5.41 Å². The lowest BCUT2D eigenvalue weighted by Crippen LogP contribution is -2.32. The molecule has 1 aliphatic carbocycles. The predicted molar refractivity (Wildman–Crippen MR) is 211 cm³/mol. The van der Waals surface area contributed by atoms with E-state index < -0.39 is 5.41 Å². The molecule has 2 heterocycles. The van der Waals surface area contributed by atoms with Gasteiger partial charge in [0.25, 0.3) is 0 Å². The molecule has 11 rings (SSSR count). The maximum Gasteiger partial charge on any atom is 0.160 e. The van der Waals surface area contributed by atoms with Crippen molar-refractivity contribution in [3.63, 3.8) is 0 Å². The SMILES string of the molecule is c1cc(-c2ccc3c(c2)Oc2ccccc2C32c3ccccc3-c3ccccc32)cc(-c2nc(-c3cccc4ccccc34)c3ccccc3n2)c1. The Hall–Kier alpha value is -6.84. The monoisotopic (exact) mass is 662 g/mol. The minimum absolute atomic E-state index is 0.477. The third-order valence-electron chi connectivity index (χ3n) is 11.0. The fraction of sp³-hybridized carbons (Fsp3) is 0.0204. The maximum absolute atomic E-state index is 6.79. The molecule has 0 bridgehead atoms. The molecule has 2 aliphatic rings. The summed E-state index contributed by atoms with van der Waals surface area (Å²) >= 11 is 0. The zero-order chi connectivity index (χ0) is 34.2. The summed E-state index contributed by atoms with van der Waals surface area (Å²) < 4.78 is 6.79. The van der Waals surface area contributed by atoms with Crippen LogP contribution >= 0.6 is 0 Å². The first kappa shape index (κ1) is 28.9. The van der Waals surface area contributed by atoms with Gasteiger partial charge in [0.2, 0.25) is 0 Å². The van der Waals surface area contributed by atoms with Crippen molar-refractivity contribution < 1.29 is 4.74 Å². The Morgan fingerprint density at radius 3 is 1.83 bits per heavy atom. The number of ether oxygens (including phenoxy) is 1. The molecular formula is C49H30N2O. The third-order valence-corrected chi connectivity index (χ3v) is 11.0. The number of fused-ring (bicyclic) bond motifs is 11. The first-order chi connectivity index (χ1) is 25.8. The minimum Gasteiger partial charge on any atom is -0.457 e. The molecule has 1 aromatic heterocycles. The number of nitrogens with zero attached hydrogens (tertiary/aromatic N) is 2. The number of hydrogen-bond donors (Lipinski definition) is 0. The molecule has 0 fully saturated rings. The second-order valence-corrected chi connectivity index (χ2v) is 13.7. The van der Waals surface area contributed by atoms with Gasteiger partial charge in [-0.3, -0.25) is 0 Å². The van der Waals surface area contributed by atoms with Crippen LogP contribution < -0.4 is 4.74 Å². The van der Waals surface area contributed by atoms with Crippen molar-refractivity contribution in [1.82, 2.24) is 9.97 Å². The Morgan fingerprint density at radius 1 is 0.385 bits per heavy atom. The Balaban J connectivity index is 1.07. The van der Waals surface area contributed by atoms with E-state index in [1.807, 2.05) is 6.07 Å². The van der Waals surface area contributed by atoms with Gasteiger partial charge in [-0.1, -0.05) is 158 Å². The van der Waals surface area contributed by atoms with Crippen LogP contribution in [0.5, 0.6) is 11.5 Å². The molecule has 0 saturated carbocycles. The highest BCUT2D eigenvalue weighted by Gasteiger charge is 2.50. The summed E-state index contributed by atoms with van der Waals surface area (Å²) in [4.78, 5) is 10.4.